The van der Waals surface area contributed by atoms with Crippen molar-refractivity contribution in [3.63, 3.8) is 0 Å². The van der Waals surface area contributed by atoms with Crippen molar-refractivity contribution >= 4 is 0 Å². The minimum atomic E-state index is 0.196. The van der Waals surface area contributed by atoms with Gasteiger partial charge in [-0.3, -0.25) is 0 Å². The van der Waals surface area contributed by atoms with Gasteiger partial charge >= 0.3 is 0 Å². The molecule has 0 fully saturated rings. The normalized spacial score (nSPS) is 11.3. The Labute approximate surface area is 109 Å². The average Bonchev–Trinajstić information content (AvgIpc) is 2.32. The molecule has 18 heavy (non-hydrogen) atoms. The molecule has 0 aliphatic heterocycles. The van der Waals surface area contributed by atoms with E-state index in [1.54, 1.807) is 0 Å². The van der Waals surface area contributed by atoms with Crippen LogP contribution in [-0.4, -0.2) is 4.74 Å². The maximum Gasteiger partial charge on any atom is 0.263 e. The number of hydrogen-bond donors (Lipinski definition) is 0. The smallest absolute Gasteiger partial charge is 0.263 e. The molecular formula is C17H21O+. The van der Waals surface area contributed by atoms with Gasteiger partial charge in [0.25, 0.3) is 11.5 Å². The van der Waals surface area contributed by atoms with Crippen LogP contribution in [0.5, 0.6) is 11.5 Å². The number of rotatable bonds is 2. The summed E-state index contributed by atoms with van der Waals surface area (Å²) < 4.78 is 4.66. The Kier molecular flexibility index (Phi) is 3.42. The summed E-state index contributed by atoms with van der Waals surface area (Å²) in [6, 6.07) is 16.7. The lowest BCUT2D eigenvalue weighted by molar-refractivity contribution is 0.196. The van der Waals surface area contributed by atoms with Gasteiger partial charge < -0.3 is 4.74 Å². The summed E-state index contributed by atoms with van der Waals surface area (Å²) in [4.78, 5) is 0. The molecule has 1 nitrogen and oxygen atoms in total. The van der Waals surface area contributed by atoms with Crippen LogP contribution in [-0.2, 0) is 5.41 Å². The van der Waals surface area contributed by atoms with Crippen molar-refractivity contribution < 1.29 is 4.74 Å². The first-order valence-electron chi connectivity index (χ1n) is 6.35. The monoisotopic (exact) mass is 241 g/mol. The molecule has 1 heteroatoms. The van der Waals surface area contributed by atoms with Gasteiger partial charge in [0.05, 0.1) is 0 Å². The van der Waals surface area contributed by atoms with Gasteiger partial charge in [0.15, 0.2) is 0 Å². The van der Waals surface area contributed by atoms with Crippen molar-refractivity contribution in [2.24, 2.45) is 0 Å². The van der Waals surface area contributed by atoms with Gasteiger partial charge in [-0.15, -0.1) is 0 Å². The van der Waals surface area contributed by atoms with Crippen LogP contribution < -0.4 is 0 Å². The molecule has 0 aliphatic carbocycles. The molecule has 0 aliphatic rings. The molecule has 1 N–H and O–H groups in total. The van der Waals surface area contributed by atoms with E-state index in [0.717, 1.165) is 11.5 Å². The second kappa shape index (κ2) is 4.85. The molecular weight excluding hydrogens is 220 g/mol. The SMILES string of the molecule is Cc1ccccc1[OH+]c1ccc(C(C)(C)C)cc1. The van der Waals surface area contributed by atoms with Crippen LogP contribution in [0.2, 0.25) is 0 Å². The third-order valence-electron chi connectivity index (χ3n) is 3.10. The highest BCUT2D eigenvalue weighted by atomic mass is 16.5. The molecule has 2 aromatic carbocycles. The van der Waals surface area contributed by atoms with E-state index in [0.29, 0.717) is 0 Å². The summed E-state index contributed by atoms with van der Waals surface area (Å²) in [5, 5.41) is 0. The zero-order chi connectivity index (χ0) is 13.2. The molecule has 0 atom stereocenters. The molecule has 2 aromatic rings. The topological polar surface area (TPSA) is 12.8 Å². The van der Waals surface area contributed by atoms with Crippen molar-refractivity contribution in [3.8, 4) is 11.5 Å². The second-order valence-electron chi connectivity index (χ2n) is 5.70. The number of aromatic hydroxyl groups is 2. The van der Waals surface area contributed by atoms with E-state index in [9.17, 15) is 0 Å². The van der Waals surface area contributed by atoms with Crippen LogP contribution in [0, 0.1) is 6.92 Å². The van der Waals surface area contributed by atoms with Crippen LogP contribution in [0.1, 0.15) is 31.9 Å². The number of hydrogen-bond acceptors (Lipinski definition) is 0. The second-order valence-corrected chi connectivity index (χ2v) is 5.70. The quantitative estimate of drug-likeness (QED) is 0.660. The molecule has 94 valence electrons. The fourth-order valence-electron chi connectivity index (χ4n) is 1.86. The number of aryl methyl sites for hydroxylation is 1. The molecule has 0 bridgehead atoms. The molecule has 0 heterocycles. The summed E-state index contributed by atoms with van der Waals surface area (Å²) in [6.07, 6.45) is 0. The summed E-state index contributed by atoms with van der Waals surface area (Å²) in [7, 11) is 0. The van der Waals surface area contributed by atoms with Gasteiger partial charge in [-0.1, -0.05) is 39.0 Å². The first kappa shape index (κ1) is 12.7. The molecule has 0 unspecified atom stereocenters. The van der Waals surface area contributed by atoms with Gasteiger partial charge in [0, 0.05) is 23.8 Å². The van der Waals surface area contributed by atoms with E-state index >= 15 is 0 Å². The summed E-state index contributed by atoms with van der Waals surface area (Å²) in [5.74, 6) is 2.05. The lowest BCUT2D eigenvalue weighted by atomic mass is 9.87. The van der Waals surface area contributed by atoms with Crippen LogP contribution in [0.3, 0.4) is 0 Å². The Morgan fingerprint density at radius 1 is 0.833 bits per heavy atom. The molecule has 0 spiro atoms. The zero-order valence-electron chi connectivity index (χ0n) is 11.6. The Hall–Kier alpha value is -1.76. The molecule has 0 saturated heterocycles. The van der Waals surface area contributed by atoms with E-state index < -0.39 is 0 Å². The molecule has 2 rings (SSSR count). The number of benzene rings is 2. The Morgan fingerprint density at radius 3 is 2.00 bits per heavy atom. The molecule has 0 aromatic heterocycles. The fourth-order valence-corrected chi connectivity index (χ4v) is 1.86. The van der Waals surface area contributed by atoms with Gasteiger partial charge in [-0.2, -0.15) is 0 Å². The first-order chi connectivity index (χ1) is 8.47. The van der Waals surface area contributed by atoms with Crippen molar-refractivity contribution in [1.82, 2.24) is 0 Å². The van der Waals surface area contributed by atoms with Crippen LogP contribution in [0.15, 0.2) is 48.5 Å². The summed E-state index contributed by atoms with van der Waals surface area (Å²) in [6.45, 7) is 8.75. The van der Waals surface area contributed by atoms with Gasteiger partial charge in [-0.25, -0.2) is 0 Å². The summed E-state index contributed by atoms with van der Waals surface area (Å²) in [5.41, 5.74) is 2.74. The van der Waals surface area contributed by atoms with E-state index in [4.69, 9.17) is 0 Å². The highest BCUT2D eigenvalue weighted by molar-refractivity contribution is 5.37. The van der Waals surface area contributed by atoms with E-state index in [2.05, 4.69) is 62.8 Å². The van der Waals surface area contributed by atoms with Gasteiger partial charge in [0.2, 0.25) is 0 Å². The standard InChI is InChI=1S/C17H20O/c1-13-7-5-6-8-16(13)18-15-11-9-14(10-12-15)17(2,3)4/h5-12H,1-4H3/p+1. The Bertz CT molecular complexity index is 518. The molecule has 0 amide bonds. The minimum absolute atomic E-state index is 0.196. The predicted molar refractivity (Wildman–Crippen MR) is 77.4 cm³/mol. The number of para-hydroxylation sites is 1. The van der Waals surface area contributed by atoms with E-state index in [-0.39, 0.29) is 5.41 Å². The number of ether oxygens (including phenoxy) is 1. The minimum Gasteiger partial charge on any atom is -0.546 e. The third-order valence-corrected chi connectivity index (χ3v) is 3.10. The fraction of sp³-hybridized carbons (Fsp3) is 0.294. The lowest BCUT2D eigenvalue weighted by Gasteiger charge is -2.18. The Balaban J connectivity index is 2.19. The van der Waals surface area contributed by atoms with E-state index in [1.165, 1.54) is 11.1 Å². The molecule has 0 saturated carbocycles. The third kappa shape index (κ3) is 2.92. The largest absolute Gasteiger partial charge is 0.546 e. The highest BCUT2D eigenvalue weighted by Crippen LogP contribution is 2.29. The van der Waals surface area contributed by atoms with Crippen LogP contribution in [0.4, 0.5) is 0 Å². The van der Waals surface area contributed by atoms with Crippen LogP contribution >= 0.6 is 0 Å². The van der Waals surface area contributed by atoms with E-state index in [1.807, 2.05) is 18.2 Å². The Morgan fingerprint density at radius 2 is 1.44 bits per heavy atom. The summed E-state index contributed by atoms with van der Waals surface area (Å²) >= 11 is 0. The van der Waals surface area contributed by atoms with Crippen LogP contribution in [0.25, 0.3) is 0 Å². The molecule has 0 radical (unpaired) electrons. The van der Waals surface area contributed by atoms with Crippen molar-refractivity contribution in [1.29, 1.82) is 0 Å². The lowest BCUT2D eigenvalue weighted by Crippen LogP contribution is -2.10. The maximum atomic E-state index is 4.66. The average molecular weight is 241 g/mol. The zero-order valence-corrected chi connectivity index (χ0v) is 11.6. The van der Waals surface area contributed by atoms with Gasteiger partial charge in [0.1, 0.15) is 0 Å². The first-order valence-corrected chi connectivity index (χ1v) is 6.35. The van der Waals surface area contributed by atoms with Crippen molar-refractivity contribution in [2.45, 2.75) is 33.1 Å². The van der Waals surface area contributed by atoms with Crippen molar-refractivity contribution in [2.75, 3.05) is 0 Å². The maximum absolute atomic E-state index is 4.66. The highest BCUT2D eigenvalue weighted by Gasteiger charge is 2.14. The van der Waals surface area contributed by atoms with Gasteiger partial charge in [-0.05, 0) is 30.0 Å². The van der Waals surface area contributed by atoms with Crippen molar-refractivity contribution in [3.05, 3.63) is 59.7 Å². The predicted octanol–water partition coefficient (Wildman–Crippen LogP) is 4.95.